The third-order valence-electron chi connectivity index (χ3n) is 4.16. The van der Waals surface area contributed by atoms with Crippen molar-refractivity contribution in [3.63, 3.8) is 0 Å². The molecule has 2 rings (SSSR count). The van der Waals surface area contributed by atoms with Crippen molar-refractivity contribution in [3.05, 3.63) is 35.6 Å². The van der Waals surface area contributed by atoms with Gasteiger partial charge in [-0.05, 0) is 20.0 Å². The summed E-state index contributed by atoms with van der Waals surface area (Å²) in [6, 6.07) is 6.77. The van der Waals surface area contributed by atoms with Crippen molar-refractivity contribution in [3.8, 4) is 0 Å². The quantitative estimate of drug-likeness (QED) is 0.898. The molecule has 1 fully saturated rings. The number of nitrogens with zero attached hydrogens (tertiary/aromatic N) is 2. The van der Waals surface area contributed by atoms with E-state index in [2.05, 4.69) is 5.32 Å². The highest BCUT2D eigenvalue weighted by Crippen LogP contribution is 2.21. The summed E-state index contributed by atoms with van der Waals surface area (Å²) in [5.41, 5.74) is 0.676. The van der Waals surface area contributed by atoms with Crippen molar-refractivity contribution < 1.29 is 9.18 Å². The van der Waals surface area contributed by atoms with Gasteiger partial charge in [0.15, 0.2) is 0 Å². The molecule has 1 N–H and O–H groups in total. The van der Waals surface area contributed by atoms with E-state index in [1.54, 1.807) is 12.1 Å². The molecule has 1 aromatic carbocycles. The van der Waals surface area contributed by atoms with Gasteiger partial charge in [0, 0.05) is 50.7 Å². The number of amides is 1. The Hall–Kier alpha value is -1.17. The summed E-state index contributed by atoms with van der Waals surface area (Å²) < 4.78 is 13.8. The average molecular weight is 330 g/mol. The minimum atomic E-state index is -0.190. The molecule has 0 radical (unpaired) electrons. The van der Waals surface area contributed by atoms with Gasteiger partial charge in [-0.15, -0.1) is 12.4 Å². The molecule has 1 atom stereocenters. The first-order valence-electron chi connectivity index (χ1n) is 7.52. The molecule has 1 saturated heterocycles. The van der Waals surface area contributed by atoms with E-state index in [4.69, 9.17) is 0 Å². The molecule has 0 bridgehead atoms. The normalized spacial score (nSPS) is 16.3. The van der Waals surface area contributed by atoms with Crippen LogP contribution < -0.4 is 5.32 Å². The van der Waals surface area contributed by atoms with Crippen LogP contribution in [0.25, 0.3) is 0 Å². The fraction of sp³-hybridized carbons (Fsp3) is 0.562. The number of carbonyl (C=O) groups is 1. The lowest BCUT2D eigenvalue weighted by atomic mass is 10.1. The molecular weight excluding hydrogens is 305 g/mol. The van der Waals surface area contributed by atoms with Crippen LogP contribution in [0.15, 0.2) is 24.3 Å². The van der Waals surface area contributed by atoms with E-state index in [1.165, 1.54) is 6.07 Å². The van der Waals surface area contributed by atoms with Gasteiger partial charge in [0.25, 0.3) is 0 Å². The number of hydrogen-bond acceptors (Lipinski definition) is 3. The van der Waals surface area contributed by atoms with Crippen molar-refractivity contribution >= 4 is 18.3 Å². The van der Waals surface area contributed by atoms with Crippen molar-refractivity contribution in [2.45, 2.75) is 19.4 Å². The Labute approximate surface area is 138 Å². The first-order chi connectivity index (χ1) is 10.1. The van der Waals surface area contributed by atoms with Gasteiger partial charge in [0.2, 0.25) is 5.91 Å². The molecular formula is C16H25ClFN3O. The summed E-state index contributed by atoms with van der Waals surface area (Å²) in [6.07, 6.45) is 0.481. The zero-order valence-corrected chi connectivity index (χ0v) is 14.0. The summed E-state index contributed by atoms with van der Waals surface area (Å²) >= 11 is 0. The van der Waals surface area contributed by atoms with E-state index >= 15 is 0 Å². The molecule has 1 aliphatic rings. The van der Waals surface area contributed by atoms with Crippen molar-refractivity contribution in [2.24, 2.45) is 0 Å². The molecule has 1 aromatic rings. The number of halogens is 2. The molecule has 22 heavy (non-hydrogen) atoms. The summed E-state index contributed by atoms with van der Waals surface area (Å²) in [5, 5.41) is 3.23. The predicted octanol–water partition coefficient (Wildman–Crippen LogP) is 2.06. The van der Waals surface area contributed by atoms with Crippen LogP contribution in [0.3, 0.4) is 0 Å². The Morgan fingerprint density at radius 3 is 2.64 bits per heavy atom. The molecule has 124 valence electrons. The van der Waals surface area contributed by atoms with Gasteiger partial charge in [0.05, 0.1) is 0 Å². The van der Waals surface area contributed by atoms with Gasteiger partial charge in [-0.1, -0.05) is 18.2 Å². The second kappa shape index (κ2) is 9.08. The number of rotatable bonds is 5. The van der Waals surface area contributed by atoms with Crippen LogP contribution in [0, 0.1) is 5.82 Å². The maximum atomic E-state index is 13.8. The predicted molar refractivity (Wildman–Crippen MR) is 88.8 cm³/mol. The minimum absolute atomic E-state index is 0. The minimum Gasteiger partial charge on any atom is -0.340 e. The van der Waals surface area contributed by atoms with E-state index in [0.29, 0.717) is 18.5 Å². The average Bonchev–Trinajstić information content (AvgIpc) is 2.53. The summed E-state index contributed by atoms with van der Waals surface area (Å²) in [7, 11) is 1.93. The number of piperazine rings is 1. The third-order valence-corrected chi connectivity index (χ3v) is 4.16. The lowest BCUT2D eigenvalue weighted by Gasteiger charge is -2.29. The molecule has 6 heteroatoms. The monoisotopic (exact) mass is 329 g/mol. The lowest BCUT2D eigenvalue weighted by molar-refractivity contribution is -0.132. The van der Waals surface area contributed by atoms with Gasteiger partial charge in [-0.25, -0.2) is 4.39 Å². The maximum absolute atomic E-state index is 13.8. The molecule has 1 unspecified atom stereocenters. The molecule has 1 amide bonds. The van der Waals surface area contributed by atoms with E-state index < -0.39 is 0 Å². The first-order valence-corrected chi connectivity index (χ1v) is 7.52. The second-order valence-corrected chi connectivity index (χ2v) is 5.56. The number of benzene rings is 1. The van der Waals surface area contributed by atoms with Gasteiger partial charge in [0.1, 0.15) is 5.82 Å². The van der Waals surface area contributed by atoms with Gasteiger partial charge in [-0.3, -0.25) is 9.69 Å². The molecule has 0 aliphatic carbocycles. The first kappa shape index (κ1) is 18.9. The maximum Gasteiger partial charge on any atom is 0.223 e. The largest absolute Gasteiger partial charge is 0.340 e. The highest BCUT2D eigenvalue weighted by atomic mass is 35.5. The smallest absolute Gasteiger partial charge is 0.223 e. The Balaban J connectivity index is 0.00000242. The number of nitrogens with one attached hydrogen (secondary N) is 1. The van der Waals surface area contributed by atoms with Crippen LogP contribution in [0.2, 0.25) is 0 Å². The number of hydrogen-bond donors (Lipinski definition) is 1. The van der Waals surface area contributed by atoms with Crippen molar-refractivity contribution in [1.82, 2.24) is 15.1 Å². The number of carbonyl (C=O) groups excluding carboxylic acids is 1. The molecule has 1 aliphatic heterocycles. The van der Waals surface area contributed by atoms with Crippen molar-refractivity contribution in [2.75, 3.05) is 39.8 Å². The molecule has 0 spiro atoms. The Morgan fingerprint density at radius 2 is 2.00 bits per heavy atom. The zero-order chi connectivity index (χ0) is 15.2. The third kappa shape index (κ3) is 4.93. The Bertz CT molecular complexity index is 480. The van der Waals surface area contributed by atoms with Gasteiger partial charge < -0.3 is 10.2 Å². The molecule has 0 aromatic heterocycles. The molecule has 0 saturated carbocycles. The van der Waals surface area contributed by atoms with Crippen LogP contribution in [-0.2, 0) is 4.79 Å². The lowest BCUT2D eigenvalue weighted by Crippen LogP contribution is -2.47. The van der Waals surface area contributed by atoms with Crippen LogP contribution in [0.5, 0.6) is 0 Å². The standard InChI is InChI=1S/C16H24FN3O.ClH/c1-13(14-5-3-4-6-15(14)17)19(2)10-7-16(21)20-11-8-18-9-12-20;/h3-6,13,18H,7-12H2,1-2H3;1H. The SMILES string of the molecule is CC(c1ccccc1F)N(C)CCC(=O)N1CCNCC1.Cl. The summed E-state index contributed by atoms with van der Waals surface area (Å²) in [5.74, 6) is -0.00522. The fourth-order valence-corrected chi connectivity index (χ4v) is 2.59. The summed E-state index contributed by atoms with van der Waals surface area (Å²) in [6.45, 7) is 5.91. The second-order valence-electron chi connectivity index (χ2n) is 5.56. The van der Waals surface area contributed by atoms with Crippen LogP contribution >= 0.6 is 12.4 Å². The van der Waals surface area contributed by atoms with E-state index in [-0.39, 0.29) is 30.2 Å². The van der Waals surface area contributed by atoms with Crippen LogP contribution in [0.4, 0.5) is 4.39 Å². The Kier molecular flexibility index (Phi) is 7.79. The Morgan fingerprint density at radius 1 is 1.36 bits per heavy atom. The van der Waals surface area contributed by atoms with Crippen LogP contribution in [-0.4, -0.2) is 55.5 Å². The van der Waals surface area contributed by atoms with Crippen molar-refractivity contribution in [1.29, 1.82) is 0 Å². The zero-order valence-electron chi connectivity index (χ0n) is 13.2. The molecule has 4 nitrogen and oxygen atoms in total. The highest BCUT2D eigenvalue weighted by molar-refractivity contribution is 5.85. The summed E-state index contributed by atoms with van der Waals surface area (Å²) in [4.78, 5) is 16.1. The fourth-order valence-electron chi connectivity index (χ4n) is 2.59. The van der Waals surface area contributed by atoms with Gasteiger partial charge in [-0.2, -0.15) is 0 Å². The highest BCUT2D eigenvalue weighted by Gasteiger charge is 2.19. The van der Waals surface area contributed by atoms with Gasteiger partial charge >= 0.3 is 0 Å². The van der Waals surface area contributed by atoms with E-state index in [9.17, 15) is 9.18 Å². The topological polar surface area (TPSA) is 35.6 Å². The van der Waals surface area contributed by atoms with E-state index in [1.807, 2.05) is 29.8 Å². The molecule has 1 heterocycles. The van der Waals surface area contributed by atoms with Crippen LogP contribution in [0.1, 0.15) is 24.9 Å². The van der Waals surface area contributed by atoms with E-state index in [0.717, 1.165) is 26.2 Å².